The Kier molecular flexibility index (Phi) is 2.57. The highest BCUT2D eigenvalue weighted by molar-refractivity contribution is 5.81. The molecule has 0 unspecified atom stereocenters. The molecule has 1 aromatic carbocycles. The van der Waals surface area contributed by atoms with Gasteiger partial charge in [0.1, 0.15) is 17.7 Å². The Balaban J connectivity index is 3.08. The van der Waals surface area contributed by atoms with Crippen LogP contribution in [0.3, 0.4) is 0 Å². The normalized spacial score (nSPS) is 12.5. The molecule has 0 aliphatic rings. The molecule has 1 rings (SSSR count). The van der Waals surface area contributed by atoms with Crippen molar-refractivity contribution >= 4 is 5.91 Å². The minimum Gasteiger partial charge on any atom is -0.368 e. The average Bonchev–Trinajstić information content (AvgIpc) is 2.03. The van der Waals surface area contributed by atoms with Gasteiger partial charge in [-0.05, 0) is 6.07 Å². The molecule has 0 aliphatic heterocycles. The van der Waals surface area contributed by atoms with Gasteiger partial charge in [0.25, 0.3) is 0 Å². The van der Waals surface area contributed by atoms with Crippen LogP contribution in [-0.2, 0) is 4.79 Å². The number of amides is 1. The monoisotopic (exact) mass is 186 g/mol. The van der Waals surface area contributed by atoms with E-state index in [1.54, 1.807) is 0 Å². The second-order valence-electron chi connectivity index (χ2n) is 2.55. The minimum absolute atomic E-state index is 0.103. The van der Waals surface area contributed by atoms with Crippen molar-refractivity contribution in [3.63, 3.8) is 0 Å². The lowest BCUT2D eigenvalue weighted by Gasteiger charge is -2.08. The van der Waals surface area contributed by atoms with Crippen molar-refractivity contribution in [1.82, 2.24) is 0 Å². The summed E-state index contributed by atoms with van der Waals surface area (Å²) in [6.45, 7) is 0. The number of benzene rings is 1. The van der Waals surface area contributed by atoms with Crippen molar-refractivity contribution in [2.45, 2.75) is 6.04 Å². The van der Waals surface area contributed by atoms with Crippen LogP contribution in [0.15, 0.2) is 18.2 Å². The Morgan fingerprint density at radius 3 is 2.46 bits per heavy atom. The smallest absolute Gasteiger partial charge is 0.239 e. The van der Waals surface area contributed by atoms with E-state index < -0.39 is 23.6 Å². The molecule has 5 heteroatoms. The molecule has 70 valence electrons. The van der Waals surface area contributed by atoms with Crippen molar-refractivity contribution < 1.29 is 13.6 Å². The summed E-state index contributed by atoms with van der Waals surface area (Å²) in [5, 5.41) is 0. The van der Waals surface area contributed by atoms with Gasteiger partial charge in [-0.25, -0.2) is 8.78 Å². The summed E-state index contributed by atoms with van der Waals surface area (Å²) in [4.78, 5) is 10.6. The molecule has 0 aromatic heterocycles. The van der Waals surface area contributed by atoms with Crippen LogP contribution in [0.5, 0.6) is 0 Å². The van der Waals surface area contributed by atoms with Crippen LogP contribution in [-0.4, -0.2) is 5.91 Å². The van der Waals surface area contributed by atoms with Gasteiger partial charge in [0.15, 0.2) is 0 Å². The molecular weight excluding hydrogens is 178 g/mol. The van der Waals surface area contributed by atoms with Crippen molar-refractivity contribution in [2.75, 3.05) is 0 Å². The first-order valence-corrected chi connectivity index (χ1v) is 3.52. The Morgan fingerprint density at radius 2 is 2.00 bits per heavy atom. The third-order valence-electron chi connectivity index (χ3n) is 1.60. The minimum atomic E-state index is -1.24. The molecular formula is C8H8F2N2O. The molecule has 1 aromatic rings. The molecule has 0 fully saturated rings. The zero-order valence-electron chi connectivity index (χ0n) is 6.63. The summed E-state index contributed by atoms with van der Waals surface area (Å²) in [5.74, 6) is -2.45. The molecule has 0 bridgehead atoms. The van der Waals surface area contributed by atoms with Crippen LogP contribution in [0.25, 0.3) is 0 Å². The summed E-state index contributed by atoms with van der Waals surface area (Å²) in [6, 6.07) is 1.53. The molecule has 13 heavy (non-hydrogen) atoms. The van der Waals surface area contributed by atoms with E-state index in [4.69, 9.17) is 11.5 Å². The van der Waals surface area contributed by atoms with Gasteiger partial charge in [0.2, 0.25) is 5.91 Å². The fourth-order valence-corrected chi connectivity index (χ4v) is 0.907. The van der Waals surface area contributed by atoms with Gasteiger partial charge in [0.05, 0.1) is 0 Å². The van der Waals surface area contributed by atoms with Crippen LogP contribution in [0.4, 0.5) is 8.78 Å². The summed E-state index contributed by atoms with van der Waals surface area (Å²) >= 11 is 0. The number of rotatable bonds is 2. The summed E-state index contributed by atoms with van der Waals surface area (Å²) in [5.41, 5.74) is 10.00. The fourth-order valence-electron chi connectivity index (χ4n) is 0.907. The van der Waals surface area contributed by atoms with Crippen LogP contribution in [0.1, 0.15) is 11.6 Å². The van der Waals surface area contributed by atoms with Crippen LogP contribution >= 0.6 is 0 Å². The molecule has 0 spiro atoms. The SMILES string of the molecule is NC(=O)[C@@H](N)c1ccc(F)cc1F. The number of primary amides is 1. The van der Waals surface area contributed by atoms with E-state index in [0.29, 0.717) is 6.07 Å². The molecule has 1 amide bonds. The van der Waals surface area contributed by atoms with E-state index in [0.717, 1.165) is 12.1 Å². The highest BCUT2D eigenvalue weighted by Crippen LogP contribution is 2.15. The Morgan fingerprint density at radius 1 is 1.38 bits per heavy atom. The van der Waals surface area contributed by atoms with E-state index in [2.05, 4.69) is 0 Å². The predicted molar refractivity (Wildman–Crippen MR) is 42.5 cm³/mol. The van der Waals surface area contributed by atoms with Gasteiger partial charge >= 0.3 is 0 Å². The summed E-state index contributed by atoms with van der Waals surface area (Å²) in [6.07, 6.45) is 0. The predicted octanol–water partition coefficient (Wildman–Crippen LogP) is 0.450. The molecule has 0 aliphatic carbocycles. The van der Waals surface area contributed by atoms with Crippen molar-refractivity contribution in [3.05, 3.63) is 35.4 Å². The first-order valence-electron chi connectivity index (χ1n) is 3.52. The van der Waals surface area contributed by atoms with Gasteiger partial charge in [-0.1, -0.05) is 6.07 Å². The van der Waals surface area contributed by atoms with Gasteiger partial charge in [-0.2, -0.15) is 0 Å². The van der Waals surface area contributed by atoms with E-state index in [9.17, 15) is 13.6 Å². The second-order valence-corrected chi connectivity index (χ2v) is 2.55. The topological polar surface area (TPSA) is 69.1 Å². The lowest BCUT2D eigenvalue weighted by molar-refractivity contribution is -0.119. The van der Waals surface area contributed by atoms with Gasteiger partial charge < -0.3 is 11.5 Å². The van der Waals surface area contributed by atoms with Crippen LogP contribution < -0.4 is 11.5 Å². The van der Waals surface area contributed by atoms with Crippen molar-refractivity contribution in [3.8, 4) is 0 Å². The number of carbonyl (C=O) groups is 1. The van der Waals surface area contributed by atoms with Gasteiger partial charge in [-0.15, -0.1) is 0 Å². The molecule has 4 N–H and O–H groups in total. The highest BCUT2D eigenvalue weighted by atomic mass is 19.1. The Bertz CT molecular complexity index is 341. The van der Waals surface area contributed by atoms with E-state index in [1.807, 2.05) is 0 Å². The summed E-state index contributed by atoms with van der Waals surface area (Å²) < 4.78 is 25.3. The number of halogens is 2. The Hall–Kier alpha value is -1.49. The molecule has 0 heterocycles. The van der Waals surface area contributed by atoms with Gasteiger partial charge in [0, 0.05) is 11.6 Å². The lowest BCUT2D eigenvalue weighted by Crippen LogP contribution is -2.29. The van der Waals surface area contributed by atoms with Crippen molar-refractivity contribution in [1.29, 1.82) is 0 Å². The third kappa shape index (κ3) is 2.00. The zero-order chi connectivity index (χ0) is 10.0. The second kappa shape index (κ2) is 3.49. The Labute approximate surface area is 73.3 Å². The van der Waals surface area contributed by atoms with E-state index >= 15 is 0 Å². The lowest BCUT2D eigenvalue weighted by atomic mass is 10.1. The van der Waals surface area contributed by atoms with E-state index in [1.165, 1.54) is 0 Å². The first kappa shape index (κ1) is 9.60. The molecule has 0 radical (unpaired) electrons. The maximum Gasteiger partial charge on any atom is 0.239 e. The van der Waals surface area contributed by atoms with Crippen LogP contribution in [0, 0.1) is 11.6 Å². The highest BCUT2D eigenvalue weighted by Gasteiger charge is 2.16. The largest absolute Gasteiger partial charge is 0.368 e. The standard InChI is InChI=1S/C8H8F2N2O/c9-4-1-2-5(6(10)3-4)7(11)8(12)13/h1-3,7H,11H2,(H2,12,13)/t7-/m0/s1. The van der Waals surface area contributed by atoms with Crippen LogP contribution in [0.2, 0.25) is 0 Å². The quantitative estimate of drug-likeness (QED) is 0.704. The van der Waals surface area contributed by atoms with Crippen molar-refractivity contribution in [2.24, 2.45) is 11.5 Å². The maximum absolute atomic E-state index is 12.9. The molecule has 1 atom stereocenters. The third-order valence-corrected chi connectivity index (χ3v) is 1.60. The number of hydrogen-bond acceptors (Lipinski definition) is 2. The molecule has 0 saturated heterocycles. The maximum atomic E-state index is 12.9. The molecule has 0 saturated carbocycles. The fraction of sp³-hybridized carbons (Fsp3) is 0.125. The molecule has 3 nitrogen and oxygen atoms in total. The average molecular weight is 186 g/mol. The first-order chi connectivity index (χ1) is 6.02. The summed E-state index contributed by atoms with van der Waals surface area (Å²) in [7, 11) is 0. The number of hydrogen-bond donors (Lipinski definition) is 2. The van der Waals surface area contributed by atoms with Gasteiger partial charge in [-0.3, -0.25) is 4.79 Å². The number of carbonyl (C=O) groups excluding carboxylic acids is 1. The van der Waals surface area contributed by atoms with E-state index in [-0.39, 0.29) is 5.56 Å². The number of nitrogens with two attached hydrogens (primary N) is 2. The zero-order valence-corrected chi connectivity index (χ0v) is 6.63.